The standard InChI is InChI=1S/C26H32Cl2N14O5/c27-17-21(31)39-19(29)15(37-17)23(45)41-25(33)35-9-3-1-2-5-11(43)13-7-8-14(47-13)12(44)6-4-10-36-26(34)42-24(46)16-20(30)40-22(32)18(28)38-16/h7-8H,1-6,9-10H2,(H4,29,31,39)(H4,30,32,40)(H3,33,35,41,45)(H3,34,36,42,46). The number of unbranched alkanes of at least 4 members (excludes halogenated alkanes) is 2. The van der Waals surface area contributed by atoms with Crippen molar-refractivity contribution in [2.24, 2.45) is 21.5 Å². The number of nitrogen functional groups attached to an aromatic ring is 4. The van der Waals surface area contributed by atoms with Gasteiger partial charge in [-0.3, -0.25) is 39.8 Å². The zero-order chi connectivity index (χ0) is 34.7. The number of halogens is 2. The van der Waals surface area contributed by atoms with E-state index in [2.05, 4.69) is 40.6 Å². The van der Waals surface area contributed by atoms with Crippen LogP contribution in [0.3, 0.4) is 0 Å². The number of anilines is 4. The van der Waals surface area contributed by atoms with Gasteiger partial charge in [0.25, 0.3) is 11.8 Å². The van der Waals surface area contributed by atoms with Crippen LogP contribution in [0.15, 0.2) is 26.5 Å². The Balaban J connectivity index is 1.34. The lowest BCUT2D eigenvalue weighted by atomic mass is 10.1. The van der Waals surface area contributed by atoms with Crippen LogP contribution in [0.2, 0.25) is 10.3 Å². The number of nitrogens with zero attached hydrogens (tertiary/aromatic N) is 6. The summed E-state index contributed by atoms with van der Waals surface area (Å²) in [5.74, 6) is -3.10. The normalized spacial score (nSPS) is 11.7. The van der Waals surface area contributed by atoms with Gasteiger partial charge in [-0.25, -0.2) is 19.9 Å². The first-order valence-corrected chi connectivity index (χ1v) is 14.6. The first kappa shape index (κ1) is 35.9. The molecule has 3 aromatic rings. The van der Waals surface area contributed by atoms with Crippen LogP contribution in [0.4, 0.5) is 23.3 Å². The quantitative estimate of drug-likeness (QED) is 0.0499. The fourth-order valence-corrected chi connectivity index (χ4v) is 4.00. The van der Waals surface area contributed by atoms with Crippen LogP contribution in [-0.2, 0) is 0 Å². The van der Waals surface area contributed by atoms with E-state index in [-0.39, 0.29) is 112 Å². The topological polar surface area (TPSA) is 338 Å². The van der Waals surface area contributed by atoms with E-state index in [1.807, 2.05) is 0 Å². The molecule has 3 heterocycles. The zero-order valence-electron chi connectivity index (χ0n) is 24.8. The van der Waals surface area contributed by atoms with E-state index < -0.39 is 11.8 Å². The summed E-state index contributed by atoms with van der Waals surface area (Å²) in [4.78, 5) is 72.5. The van der Waals surface area contributed by atoms with Gasteiger partial charge < -0.3 is 38.8 Å². The summed E-state index contributed by atoms with van der Waals surface area (Å²) in [5, 5.41) is 4.26. The van der Waals surface area contributed by atoms with E-state index in [9.17, 15) is 19.2 Å². The molecular formula is C26H32Cl2N14O5. The molecule has 14 N–H and O–H groups in total. The van der Waals surface area contributed by atoms with Crippen molar-refractivity contribution in [3.63, 3.8) is 0 Å². The highest BCUT2D eigenvalue weighted by Crippen LogP contribution is 2.18. The Morgan fingerprint density at radius 3 is 1.53 bits per heavy atom. The second kappa shape index (κ2) is 16.7. The van der Waals surface area contributed by atoms with E-state index in [1.54, 1.807) is 0 Å². The summed E-state index contributed by atoms with van der Waals surface area (Å²) in [6, 6.07) is 2.87. The molecule has 0 aliphatic carbocycles. The molecule has 47 heavy (non-hydrogen) atoms. The Morgan fingerprint density at radius 1 is 0.638 bits per heavy atom. The number of carbonyl (C=O) groups excluding carboxylic acids is 4. The van der Waals surface area contributed by atoms with Crippen molar-refractivity contribution in [2.45, 2.75) is 38.5 Å². The molecule has 0 spiro atoms. The van der Waals surface area contributed by atoms with Gasteiger partial charge in [0.05, 0.1) is 0 Å². The van der Waals surface area contributed by atoms with Gasteiger partial charge >= 0.3 is 0 Å². The third-order valence-corrected chi connectivity index (χ3v) is 6.62. The van der Waals surface area contributed by atoms with Gasteiger partial charge in [-0.1, -0.05) is 29.6 Å². The van der Waals surface area contributed by atoms with Gasteiger partial charge in [-0.15, -0.1) is 0 Å². The number of aliphatic imine (C=N–C) groups is 2. The summed E-state index contributed by atoms with van der Waals surface area (Å²) < 4.78 is 5.45. The summed E-state index contributed by atoms with van der Waals surface area (Å²) in [6.45, 7) is 0.392. The van der Waals surface area contributed by atoms with Crippen LogP contribution >= 0.6 is 23.2 Å². The van der Waals surface area contributed by atoms with Crippen LogP contribution < -0.4 is 45.0 Å². The summed E-state index contributed by atoms with van der Waals surface area (Å²) in [7, 11) is 0. The molecule has 0 aliphatic heterocycles. The highest BCUT2D eigenvalue weighted by molar-refractivity contribution is 6.32. The van der Waals surface area contributed by atoms with Gasteiger partial charge in [0.1, 0.15) is 0 Å². The van der Waals surface area contributed by atoms with Crippen LogP contribution in [0, 0.1) is 0 Å². The number of guanidine groups is 2. The fraction of sp³-hybridized carbons (Fsp3) is 0.308. The molecular weight excluding hydrogens is 659 g/mol. The SMILES string of the molecule is NC(=NCCCCCC(=O)c1ccc(C(=O)CCCN=C(N)NC(=O)c2nc(Cl)c(N)nc2N)o1)NC(=O)c1nc(Cl)c(N)nc1N. The molecule has 0 aliphatic rings. The number of hydrogen-bond donors (Lipinski definition) is 8. The first-order chi connectivity index (χ1) is 22.3. The Kier molecular flexibility index (Phi) is 12.7. The van der Waals surface area contributed by atoms with Crippen molar-refractivity contribution in [3.05, 3.63) is 45.3 Å². The maximum Gasteiger partial charge on any atom is 0.280 e. The Labute approximate surface area is 277 Å². The van der Waals surface area contributed by atoms with E-state index in [0.29, 0.717) is 19.3 Å². The maximum atomic E-state index is 12.5. The average molecular weight is 692 g/mol. The summed E-state index contributed by atoms with van der Waals surface area (Å²) in [5.41, 5.74) is 33.2. The molecule has 0 saturated heterocycles. The fourth-order valence-electron chi connectivity index (χ4n) is 3.74. The van der Waals surface area contributed by atoms with Crippen molar-refractivity contribution in [1.82, 2.24) is 30.6 Å². The number of ketones is 2. The minimum atomic E-state index is -0.787. The summed E-state index contributed by atoms with van der Waals surface area (Å²) >= 11 is 11.5. The number of amides is 2. The molecule has 3 aromatic heterocycles. The molecule has 0 aromatic carbocycles. The van der Waals surface area contributed by atoms with Crippen LogP contribution in [-0.4, -0.2) is 68.3 Å². The highest BCUT2D eigenvalue weighted by Gasteiger charge is 2.19. The number of aromatic nitrogens is 4. The molecule has 2 amide bonds. The molecule has 21 heteroatoms. The lowest BCUT2D eigenvalue weighted by Crippen LogP contribution is -2.38. The predicted molar refractivity (Wildman–Crippen MR) is 175 cm³/mol. The number of hydrogen-bond acceptors (Lipinski definition) is 15. The number of nitrogens with two attached hydrogens (primary N) is 6. The molecule has 0 bridgehead atoms. The molecule has 250 valence electrons. The number of rotatable bonds is 14. The van der Waals surface area contributed by atoms with Crippen LogP contribution in [0.5, 0.6) is 0 Å². The Bertz CT molecular complexity index is 1730. The van der Waals surface area contributed by atoms with Crippen molar-refractivity contribution in [2.75, 3.05) is 36.0 Å². The predicted octanol–water partition coefficient (Wildman–Crippen LogP) is 0.691. The van der Waals surface area contributed by atoms with Gasteiger partial charge in [-0.2, -0.15) is 0 Å². The average Bonchev–Trinajstić information content (AvgIpc) is 3.51. The lowest BCUT2D eigenvalue weighted by molar-refractivity contribution is 0.0924. The third-order valence-electron chi connectivity index (χ3n) is 6.07. The highest BCUT2D eigenvalue weighted by atomic mass is 35.5. The smallest absolute Gasteiger partial charge is 0.280 e. The number of furan rings is 1. The largest absolute Gasteiger partial charge is 0.450 e. The van der Waals surface area contributed by atoms with Crippen LogP contribution in [0.25, 0.3) is 0 Å². The Morgan fingerprint density at radius 2 is 1.06 bits per heavy atom. The maximum absolute atomic E-state index is 12.5. The van der Waals surface area contributed by atoms with Gasteiger partial charge in [0.2, 0.25) is 0 Å². The minimum Gasteiger partial charge on any atom is -0.450 e. The van der Waals surface area contributed by atoms with Gasteiger partial charge in [-0.05, 0) is 31.4 Å². The Hall–Kier alpha value is -5.56. The molecule has 3 rings (SSSR count). The van der Waals surface area contributed by atoms with Gasteiger partial charge in [0.15, 0.2) is 80.0 Å². The van der Waals surface area contributed by atoms with Crippen molar-refractivity contribution < 1.29 is 23.6 Å². The van der Waals surface area contributed by atoms with Crippen LogP contribution in [0.1, 0.15) is 80.6 Å². The molecule has 0 radical (unpaired) electrons. The minimum absolute atomic E-state index is 0.0359. The number of Topliss-reactive ketones (excluding diaryl/α,β-unsaturated/α-hetero) is 2. The van der Waals surface area contributed by atoms with Crippen molar-refractivity contribution >= 4 is 81.8 Å². The first-order valence-electron chi connectivity index (χ1n) is 13.8. The van der Waals surface area contributed by atoms with E-state index >= 15 is 0 Å². The second-order valence-electron chi connectivity index (χ2n) is 9.63. The van der Waals surface area contributed by atoms with E-state index in [0.717, 1.165) is 0 Å². The molecule has 0 fully saturated rings. The zero-order valence-corrected chi connectivity index (χ0v) is 26.3. The molecule has 0 saturated carbocycles. The van der Waals surface area contributed by atoms with Gasteiger partial charge in [0, 0.05) is 25.9 Å². The second-order valence-corrected chi connectivity index (χ2v) is 10.3. The number of carbonyl (C=O) groups is 4. The monoisotopic (exact) mass is 690 g/mol. The lowest BCUT2D eigenvalue weighted by Gasteiger charge is -2.07. The van der Waals surface area contributed by atoms with Crippen molar-refractivity contribution in [3.8, 4) is 0 Å². The molecule has 0 atom stereocenters. The molecule has 19 nitrogen and oxygen atoms in total. The third kappa shape index (κ3) is 10.5. The van der Waals surface area contributed by atoms with E-state index in [1.165, 1.54) is 12.1 Å². The van der Waals surface area contributed by atoms with Crippen molar-refractivity contribution in [1.29, 1.82) is 0 Å². The molecule has 0 unspecified atom stereocenters. The number of nitrogens with one attached hydrogen (secondary N) is 2. The summed E-state index contributed by atoms with van der Waals surface area (Å²) in [6.07, 6.45) is 2.26. The van der Waals surface area contributed by atoms with E-state index in [4.69, 9.17) is 62.0 Å².